The SMILES string of the molecule is Cc1ccccc1[SiH]1O[SiH2]O[SiH2]O[Si](c2ccccc2C)(c2ccccc2C)O[Si](c2ccccc2C)(c2ccccc2C)O1. The third kappa shape index (κ3) is 6.23. The van der Waals surface area contributed by atoms with Gasteiger partial charge in [-0.3, -0.25) is 0 Å². The third-order valence-electron chi connectivity index (χ3n) is 8.65. The Kier molecular flexibility index (Phi) is 9.77. The molecule has 0 saturated carbocycles. The number of benzene rings is 5. The normalized spacial score (nSPS) is 19.4. The molecule has 0 bridgehead atoms. The summed E-state index contributed by atoms with van der Waals surface area (Å²) in [6.45, 7) is 10.8. The number of rotatable bonds is 5. The first-order valence-corrected chi connectivity index (χ1v) is 22.8. The Labute approximate surface area is 275 Å². The zero-order valence-corrected chi connectivity index (χ0v) is 32.6. The van der Waals surface area contributed by atoms with Gasteiger partial charge in [0.2, 0.25) is 0 Å². The third-order valence-corrected chi connectivity index (χ3v) is 24.6. The fourth-order valence-electron chi connectivity index (χ4n) is 6.28. The van der Waals surface area contributed by atoms with Gasteiger partial charge in [0.25, 0.3) is 20.0 Å². The minimum absolute atomic E-state index is 1.08. The summed E-state index contributed by atoms with van der Waals surface area (Å²) in [6.07, 6.45) is 0. The van der Waals surface area contributed by atoms with Crippen LogP contribution in [0.15, 0.2) is 121 Å². The van der Waals surface area contributed by atoms with Gasteiger partial charge in [-0.05, 0) is 67.6 Å². The first-order valence-electron chi connectivity index (χ1n) is 15.4. The Morgan fingerprint density at radius 3 is 1.31 bits per heavy atom. The fourth-order valence-corrected chi connectivity index (χ4v) is 25.4. The largest absolute Gasteiger partial charge is 0.425 e. The van der Waals surface area contributed by atoms with Crippen LogP contribution in [0.2, 0.25) is 0 Å². The molecule has 0 aromatic heterocycles. The molecule has 1 unspecified atom stereocenters. The van der Waals surface area contributed by atoms with Crippen LogP contribution in [-0.4, -0.2) is 46.4 Å². The van der Waals surface area contributed by atoms with E-state index in [9.17, 15) is 0 Å². The average molecular weight is 681 g/mol. The molecule has 0 amide bonds. The molecule has 1 atom stereocenters. The van der Waals surface area contributed by atoms with Crippen molar-refractivity contribution >= 4 is 72.4 Å². The molecule has 0 radical (unpaired) electrons. The summed E-state index contributed by atoms with van der Waals surface area (Å²) in [7, 11) is -12.5. The molecule has 5 aromatic rings. The smallest absolute Gasteiger partial charge is 0.390 e. The zero-order valence-electron chi connectivity index (χ0n) is 26.6. The summed E-state index contributed by atoms with van der Waals surface area (Å²) in [5, 5.41) is 5.48. The maximum Gasteiger partial charge on any atom is 0.390 e. The summed E-state index contributed by atoms with van der Waals surface area (Å²) < 4.78 is 36.2. The maximum absolute atomic E-state index is 8.12. The minimum Gasteiger partial charge on any atom is -0.425 e. The molecule has 5 nitrogen and oxygen atoms in total. The molecular weight excluding hydrogens is 641 g/mol. The van der Waals surface area contributed by atoms with E-state index in [4.69, 9.17) is 20.6 Å². The van der Waals surface area contributed by atoms with E-state index in [2.05, 4.69) is 156 Å². The molecule has 0 N–H and O–H groups in total. The highest BCUT2D eigenvalue weighted by Crippen LogP contribution is 2.25. The van der Waals surface area contributed by atoms with E-state index in [0.717, 1.165) is 53.8 Å². The Morgan fingerprint density at radius 1 is 0.467 bits per heavy atom. The fraction of sp³-hybridized carbons (Fsp3) is 0.143. The molecule has 1 saturated heterocycles. The van der Waals surface area contributed by atoms with Crippen molar-refractivity contribution in [3.8, 4) is 0 Å². The standard InChI is InChI=1S/C35H40O5Si5/c1-26-16-6-11-21-31(26)43-37-41-36-42-38-44(32-22-12-7-17-27(32)2,33-23-13-8-18-28(33)3)40-45(39-43,34-24-14-9-19-29(34)4)35-25-15-10-20-30(35)5/h6-25,43H,41-42H2,1-5H3. The molecule has 0 spiro atoms. The van der Waals surface area contributed by atoms with Gasteiger partial charge in [0.05, 0.1) is 0 Å². The predicted octanol–water partition coefficient (Wildman–Crippen LogP) is 2.26. The molecule has 1 fully saturated rings. The monoisotopic (exact) mass is 680 g/mol. The van der Waals surface area contributed by atoms with Crippen molar-refractivity contribution in [2.24, 2.45) is 0 Å². The highest BCUT2D eigenvalue weighted by molar-refractivity contribution is 7.07. The van der Waals surface area contributed by atoms with Crippen LogP contribution in [0, 0.1) is 34.6 Å². The number of hydrogen-bond acceptors (Lipinski definition) is 5. The van der Waals surface area contributed by atoms with E-state index in [1.165, 1.54) is 0 Å². The highest BCUT2D eigenvalue weighted by atomic mass is 28.5. The van der Waals surface area contributed by atoms with Crippen molar-refractivity contribution in [3.63, 3.8) is 0 Å². The van der Waals surface area contributed by atoms with Crippen molar-refractivity contribution in [2.75, 3.05) is 0 Å². The second-order valence-electron chi connectivity index (χ2n) is 11.7. The van der Waals surface area contributed by atoms with Crippen LogP contribution in [-0.2, 0) is 20.6 Å². The van der Waals surface area contributed by atoms with E-state index >= 15 is 0 Å². The average Bonchev–Trinajstić information content (AvgIpc) is 3.04. The lowest BCUT2D eigenvalue weighted by Crippen LogP contribution is -2.78. The van der Waals surface area contributed by atoms with Gasteiger partial charge >= 0.3 is 26.4 Å². The topological polar surface area (TPSA) is 46.2 Å². The molecule has 45 heavy (non-hydrogen) atoms. The Morgan fingerprint density at radius 2 is 0.867 bits per heavy atom. The molecule has 0 aliphatic carbocycles. The first-order chi connectivity index (χ1) is 21.9. The highest BCUT2D eigenvalue weighted by Gasteiger charge is 2.57. The molecule has 1 heterocycles. The second-order valence-corrected chi connectivity index (χ2v) is 23.9. The number of hydrogen-bond donors (Lipinski definition) is 0. The maximum atomic E-state index is 8.12. The van der Waals surface area contributed by atoms with E-state index in [1.54, 1.807) is 0 Å². The Bertz CT molecular complexity index is 1710. The lowest BCUT2D eigenvalue weighted by atomic mass is 10.2. The van der Waals surface area contributed by atoms with Gasteiger partial charge < -0.3 is 20.6 Å². The molecule has 10 heteroatoms. The van der Waals surface area contributed by atoms with Crippen molar-refractivity contribution in [1.29, 1.82) is 0 Å². The van der Waals surface area contributed by atoms with Crippen molar-refractivity contribution in [2.45, 2.75) is 34.6 Å². The van der Waals surface area contributed by atoms with Gasteiger partial charge in [-0.2, -0.15) is 0 Å². The number of aryl methyl sites for hydroxylation is 5. The minimum atomic E-state index is -3.61. The van der Waals surface area contributed by atoms with Gasteiger partial charge in [-0.25, -0.2) is 0 Å². The molecule has 1 aliphatic rings. The Hall–Kier alpha value is -3.02. The van der Waals surface area contributed by atoms with Crippen LogP contribution in [0.5, 0.6) is 0 Å². The van der Waals surface area contributed by atoms with E-state index < -0.39 is 46.4 Å². The van der Waals surface area contributed by atoms with Crippen molar-refractivity contribution in [1.82, 2.24) is 0 Å². The quantitative estimate of drug-likeness (QED) is 0.267. The zero-order chi connectivity index (χ0) is 31.4. The second kappa shape index (κ2) is 13.8. The lowest BCUT2D eigenvalue weighted by Gasteiger charge is -2.45. The first kappa shape index (κ1) is 31.9. The molecule has 5 aromatic carbocycles. The molecule has 6 rings (SSSR count). The van der Waals surface area contributed by atoms with E-state index in [1.807, 2.05) is 0 Å². The van der Waals surface area contributed by atoms with Gasteiger partial charge in [0.15, 0.2) is 0 Å². The van der Waals surface area contributed by atoms with Crippen molar-refractivity contribution in [3.05, 3.63) is 149 Å². The van der Waals surface area contributed by atoms with Crippen LogP contribution >= 0.6 is 0 Å². The predicted molar refractivity (Wildman–Crippen MR) is 195 cm³/mol. The van der Waals surface area contributed by atoms with Crippen LogP contribution in [0.1, 0.15) is 27.8 Å². The van der Waals surface area contributed by atoms with Crippen LogP contribution in [0.3, 0.4) is 0 Å². The summed E-state index contributed by atoms with van der Waals surface area (Å²) in [6, 6.07) is 42.6. The summed E-state index contributed by atoms with van der Waals surface area (Å²) >= 11 is 0. The Balaban J connectivity index is 1.74. The van der Waals surface area contributed by atoms with Crippen LogP contribution in [0.4, 0.5) is 0 Å². The molecule has 1 aliphatic heterocycles. The summed E-state index contributed by atoms with van der Waals surface area (Å²) in [4.78, 5) is 0. The van der Waals surface area contributed by atoms with Gasteiger partial charge in [-0.15, -0.1) is 0 Å². The molecule has 230 valence electrons. The van der Waals surface area contributed by atoms with Gasteiger partial charge in [0.1, 0.15) is 0 Å². The summed E-state index contributed by atoms with van der Waals surface area (Å²) in [5.74, 6) is 0. The van der Waals surface area contributed by atoms with Crippen LogP contribution < -0.4 is 25.9 Å². The molecular formula is C35H40O5Si5. The van der Waals surface area contributed by atoms with Crippen LogP contribution in [0.25, 0.3) is 0 Å². The van der Waals surface area contributed by atoms with Gasteiger partial charge in [-0.1, -0.05) is 121 Å². The van der Waals surface area contributed by atoms with Crippen molar-refractivity contribution < 1.29 is 20.6 Å². The van der Waals surface area contributed by atoms with E-state index in [0.29, 0.717) is 0 Å². The van der Waals surface area contributed by atoms with Gasteiger partial charge in [0, 0.05) is 20.7 Å². The lowest BCUT2D eigenvalue weighted by molar-refractivity contribution is 0.304. The van der Waals surface area contributed by atoms with E-state index in [-0.39, 0.29) is 0 Å². The summed E-state index contributed by atoms with van der Waals surface area (Å²) in [5.41, 5.74) is 5.69.